The summed E-state index contributed by atoms with van der Waals surface area (Å²) in [6.07, 6.45) is -1.53. The number of nitrogens with zero attached hydrogens (tertiary/aromatic N) is 4. The maximum Gasteiger partial charge on any atom is 0.436 e. The zero-order valence-corrected chi connectivity index (χ0v) is 14.4. The first-order valence-electron chi connectivity index (χ1n) is 7.80. The van der Waals surface area contributed by atoms with Crippen LogP contribution in [0.15, 0.2) is 6.20 Å². The highest BCUT2D eigenvalue weighted by Crippen LogP contribution is 2.46. The van der Waals surface area contributed by atoms with Gasteiger partial charge < -0.3 is 5.32 Å². The first-order valence-corrected chi connectivity index (χ1v) is 8.18. The molecule has 0 unspecified atom stereocenters. The van der Waals surface area contributed by atoms with E-state index in [-0.39, 0.29) is 29.8 Å². The molecule has 1 aliphatic carbocycles. The fraction of sp³-hybridized carbons (Fsp3) is 0.533. The summed E-state index contributed by atoms with van der Waals surface area (Å²) in [4.78, 5) is 12.1. The van der Waals surface area contributed by atoms with Gasteiger partial charge in [-0.25, -0.2) is 0 Å². The summed E-state index contributed by atoms with van der Waals surface area (Å²) in [7, 11) is 1.75. The van der Waals surface area contributed by atoms with Gasteiger partial charge in [-0.05, 0) is 19.8 Å². The number of carbonyl (C=O) groups excluding carboxylic acids is 1. The highest BCUT2D eigenvalue weighted by atomic mass is 35.5. The van der Waals surface area contributed by atoms with Gasteiger partial charge in [0.25, 0.3) is 0 Å². The Morgan fingerprint density at radius 3 is 2.64 bits per heavy atom. The van der Waals surface area contributed by atoms with E-state index < -0.39 is 11.9 Å². The second kappa shape index (κ2) is 6.36. The van der Waals surface area contributed by atoms with Crippen molar-refractivity contribution in [3.8, 4) is 0 Å². The Bertz CT molecular complexity index is 807. The molecule has 136 valence electrons. The summed E-state index contributed by atoms with van der Waals surface area (Å²) >= 11 is 5.90. The van der Waals surface area contributed by atoms with E-state index in [0.717, 1.165) is 18.5 Å². The molecule has 10 heteroatoms. The molecule has 25 heavy (non-hydrogen) atoms. The fourth-order valence-corrected chi connectivity index (χ4v) is 2.99. The number of carbonyl (C=O) groups is 1. The van der Waals surface area contributed by atoms with Crippen molar-refractivity contribution in [2.75, 3.05) is 5.32 Å². The summed E-state index contributed by atoms with van der Waals surface area (Å²) < 4.78 is 41.9. The van der Waals surface area contributed by atoms with Crippen molar-refractivity contribution >= 4 is 23.2 Å². The van der Waals surface area contributed by atoms with Crippen LogP contribution in [-0.2, 0) is 24.6 Å². The van der Waals surface area contributed by atoms with E-state index >= 15 is 0 Å². The average Bonchev–Trinajstić information content (AvgIpc) is 3.23. The third-order valence-corrected chi connectivity index (χ3v) is 4.60. The summed E-state index contributed by atoms with van der Waals surface area (Å²) in [5.74, 6) is -0.335. The Kier molecular flexibility index (Phi) is 4.52. The van der Waals surface area contributed by atoms with Gasteiger partial charge in [-0.2, -0.15) is 23.4 Å². The number of hydrogen-bond donors (Lipinski definition) is 1. The highest BCUT2D eigenvalue weighted by molar-refractivity contribution is 6.32. The molecule has 6 nitrogen and oxygen atoms in total. The molecule has 2 aromatic rings. The minimum atomic E-state index is -4.61. The van der Waals surface area contributed by atoms with Gasteiger partial charge in [0, 0.05) is 19.4 Å². The predicted molar refractivity (Wildman–Crippen MR) is 85.4 cm³/mol. The molecule has 0 aromatic carbocycles. The first-order chi connectivity index (χ1) is 11.7. The summed E-state index contributed by atoms with van der Waals surface area (Å²) in [6.45, 7) is 1.84. The lowest BCUT2D eigenvalue weighted by atomic mass is 10.2. The SMILES string of the molecule is Cc1c(NC(=O)CCn2nc(C(F)(F)F)c(Cl)c2C2CC2)cnn1C. The van der Waals surface area contributed by atoms with Crippen LogP contribution in [0.2, 0.25) is 5.02 Å². The molecule has 3 rings (SSSR count). The second-order valence-corrected chi connectivity index (χ2v) is 6.49. The van der Waals surface area contributed by atoms with Gasteiger partial charge in [0.2, 0.25) is 5.91 Å². The van der Waals surface area contributed by atoms with Crippen molar-refractivity contribution in [3.05, 3.63) is 28.3 Å². The highest BCUT2D eigenvalue weighted by Gasteiger charge is 2.42. The average molecular weight is 376 g/mol. The van der Waals surface area contributed by atoms with Gasteiger partial charge in [-0.3, -0.25) is 14.2 Å². The van der Waals surface area contributed by atoms with Gasteiger partial charge in [0.1, 0.15) is 0 Å². The molecule has 1 fully saturated rings. The molecule has 1 amide bonds. The van der Waals surface area contributed by atoms with Crippen molar-refractivity contribution in [1.82, 2.24) is 19.6 Å². The molecule has 0 atom stereocenters. The number of aryl methyl sites for hydroxylation is 2. The number of rotatable bonds is 5. The third kappa shape index (κ3) is 3.65. The third-order valence-electron chi connectivity index (χ3n) is 4.22. The van der Waals surface area contributed by atoms with Crippen molar-refractivity contribution in [2.45, 2.75) is 44.8 Å². The van der Waals surface area contributed by atoms with E-state index in [4.69, 9.17) is 11.6 Å². The van der Waals surface area contributed by atoms with Crippen molar-refractivity contribution in [3.63, 3.8) is 0 Å². The molecular formula is C15H17ClF3N5O. The Hall–Kier alpha value is -2.03. The number of anilines is 1. The molecule has 0 bridgehead atoms. The summed E-state index contributed by atoms with van der Waals surface area (Å²) in [5.41, 5.74) is 0.650. The Morgan fingerprint density at radius 2 is 2.12 bits per heavy atom. The zero-order chi connectivity index (χ0) is 18.4. The second-order valence-electron chi connectivity index (χ2n) is 6.11. The Morgan fingerprint density at radius 1 is 1.44 bits per heavy atom. The molecular weight excluding hydrogens is 359 g/mol. The molecule has 0 aliphatic heterocycles. The van der Waals surface area contributed by atoms with Crippen LogP contribution in [0.4, 0.5) is 18.9 Å². The normalized spacial score (nSPS) is 14.8. The number of alkyl halides is 3. The van der Waals surface area contributed by atoms with Crippen molar-refractivity contribution in [2.24, 2.45) is 7.05 Å². The monoisotopic (exact) mass is 375 g/mol. The molecule has 2 heterocycles. The lowest BCUT2D eigenvalue weighted by Crippen LogP contribution is -2.17. The van der Waals surface area contributed by atoms with Crippen LogP contribution in [0.5, 0.6) is 0 Å². The molecule has 2 aromatic heterocycles. The van der Waals surface area contributed by atoms with Crippen LogP contribution in [-0.4, -0.2) is 25.5 Å². The van der Waals surface area contributed by atoms with Crippen LogP contribution < -0.4 is 5.32 Å². The number of nitrogens with one attached hydrogen (secondary N) is 1. The van der Waals surface area contributed by atoms with Crippen LogP contribution in [0.3, 0.4) is 0 Å². The largest absolute Gasteiger partial charge is 0.436 e. The van der Waals surface area contributed by atoms with Crippen LogP contribution in [0.25, 0.3) is 0 Å². The molecule has 1 saturated carbocycles. The minimum Gasteiger partial charge on any atom is -0.323 e. The predicted octanol–water partition coefficient (Wildman–Crippen LogP) is 3.50. The topological polar surface area (TPSA) is 64.7 Å². The molecule has 1 N–H and O–H groups in total. The Balaban J connectivity index is 1.72. The van der Waals surface area contributed by atoms with Gasteiger partial charge in [0.15, 0.2) is 5.69 Å². The molecule has 1 aliphatic rings. The number of aromatic nitrogens is 4. The van der Waals surface area contributed by atoms with Gasteiger partial charge in [-0.15, -0.1) is 0 Å². The van der Waals surface area contributed by atoms with Crippen LogP contribution >= 0.6 is 11.6 Å². The van der Waals surface area contributed by atoms with E-state index in [1.807, 2.05) is 0 Å². The fourth-order valence-electron chi connectivity index (χ4n) is 2.59. The maximum atomic E-state index is 13.0. The number of hydrogen-bond acceptors (Lipinski definition) is 3. The van der Waals surface area contributed by atoms with Gasteiger partial charge in [-0.1, -0.05) is 11.6 Å². The van der Waals surface area contributed by atoms with Crippen LogP contribution in [0, 0.1) is 6.92 Å². The van der Waals surface area contributed by atoms with Crippen LogP contribution in [0.1, 0.15) is 42.3 Å². The minimum absolute atomic E-state index is 0.0106. The smallest absolute Gasteiger partial charge is 0.323 e. The zero-order valence-electron chi connectivity index (χ0n) is 13.7. The van der Waals surface area contributed by atoms with E-state index in [1.165, 1.54) is 10.9 Å². The van der Waals surface area contributed by atoms with Crippen molar-refractivity contribution < 1.29 is 18.0 Å². The van der Waals surface area contributed by atoms with E-state index in [2.05, 4.69) is 15.5 Å². The molecule has 0 radical (unpaired) electrons. The van der Waals surface area contributed by atoms with Gasteiger partial charge in [0.05, 0.1) is 34.8 Å². The summed E-state index contributed by atoms with van der Waals surface area (Å²) in [6, 6.07) is 0. The maximum absolute atomic E-state index is 13.0. The Labute approximate surface area is 146 Å². The quantitative estimate of drug-likeness (QED) is 0.869. The first kappa shape index (κ1) is 17.8. The number of halogens is 4. The summed E-state index contributed by atoms with van der Waals surface area (Å²) in [5, 5.41) is 9.97. The van der Waals surface area contributed by atoms with Gasteiger partial charge >= 0.3 is 6.18 Å². The number of amides is 1. The lowest BCUT2D eigenvalue weighted by Gasteiger charge is -2.08. The van der Waals surface area contributed by atoms with E-state index in [1.54, 1.807) is 18.7 Å². The standard InChI is InChI=1S/C15H17ClF3N5O/c1-8-10(7-20-23(8)2)21-11(25)5-6-24-13(9-3-4-9)12(16)14(22-24)15(17,18)19/h7,9H,3-6H2,1-2H3,(H,21,25). The molecule has 0 saturated heterocycles. The van der Waals surface area contributed by atoms with E-state index in [9.17, 15) is 18.0 Å². The molecule has 0 spiro atoms. The lowest BCUT2D eigenvalue weighted by molar-refractivity contribution is -0.141. The van der Waals surface area contributed by atoms with E-state index in [0.29, 0.717) is 11.4 Å². The van der Waals surface area contributed by atoms with Crippen molar-refractivity contribution in [1.29, 1.82) is 0 Å².